The van der Waals surface area contributed by atoms with Crippen molar-refractivity contribution < 1.29 is 5.11 Å². The molecule has 2 nitrogen and oxygen atoms in total. The standard InChI is InChI=1S/C19H35NO/c21-19(17-10-4-3-5-11-17)13-7-6-12-18(19)16-20-14-8-1-2-9-15-20/h17-18,21H,1-16H2. The van der Waals surface area contributed by atoms with Crippen LogP contribution in [0.25, 0.3) is 0 Å². The van der Waals surface area contributed by atoms with E-state index in [-0.39, 0.29) is 5.60 Å². The predicted molar refractivity (Wildman–Crippen MR) is 88.4 cm³/mol. The van der Waals surface area contributed by atoms with Gasteiger partial charge in [0.05, 0.1) is 5.60 Å². The molecule has 2 atom stereocenters. The molecular formula is C19H35NO. The number of hydrogen-bond acceptors (Lipinski definition) is 2. The maximum atomic E-state index is 11.5. The summed E-state index contributed by atoms with van der Waals surface area (Å²) >= 11 is 0. The maximum Gasteiger partial charge on any atom is 0.0716 e. The molecule has 2 heteroatoms. The second kappa shape index (κ2) is 7.46. The van der Waals surface area contributed by atoms with Gasteiger partial charge in [-0.25, -0.2) is 0 Å². The van der Waals surface area contributed by atoms with Gasteiger partial charge in [0.1, 0.15) is 0 Å². The van der Waals surface area contributed by atoms with E-state index in [1.165, 1.54) is 96.7 Å². The molecule has 0 radical (unpaired) electrons. The molecule has 2 saturated carbocycles. The van der Waals surface area contributed by atoms with Crippen LogP contribution in [-0.2, 0) is 0 Å². The second-order valence-corrected chi connectivity index (χ2v) is 7.98. The Kier molecular flexibility index (Phi) is 5.61. The van der Waals surface area contributed by atoms with Crippen LogP contribution in [0.2, 0.25) is 0 Å². The molecule has 0 bridgehead atoms. The lowest BCUT2D eigenvalue weighted by Crippen LogP contribution is -2.52. The van der Waals surface area contributed by atoms with Gasteiger partial charge in [-0.2, -0.15) is 0 Å². The normalized spacial score (nSPS) is 37.3. The van der Waals surface area contributed by atoms with Crippen LogP contribution in [0.3, 0.4) is 0 Å². The van der Waals surface area contributed by atoms with Crippen molar-refractivity contribution in [3.05, 3.63) is 0 Å². The fourth-order valence-electron chi connectivity index (χ4n) is 5.27. The highest BCUT2D eigenvalue weighted by Crippen LogP contribution is 2.45. The summed E-state index contributed by atoms with van der Waals surface area (Å²) in [5, 5.41) is 11.5. The van der Waals surface area contributed by atoms with Gasteiger partial charge in [0.15, 0.2) is 0 Å². The Morgan fingerprint density at radius 3 is 2.10 bits per heavy atom. The molecule has 3 aliphatic rings. The first kappa shape index (κ1) is 15.8. The molecule has 0 spiro atoms. The van der Waals surface area contributed by atoms with Crippen LogP contribution in [0, 0.1) is 11.8 Å². The molecule has 0 aromatic carbocycles. The highest BCUT2D eigenvalue weighted by Gasteiger charge is 2.45. The first-order valence-electron chi connectivity index (χ1n) is 9.74. The SMILES string of the molecule is OC1(C2CCCCC2)CCCCC1CN1CCCCCC1. The Labute approximate surface area is 131 Å². The van der Waals surface area contributed by atoms with E-state index in [1.807, 2.05) is 0 Å². The van der Waals surface area contributed by atoms with Crippen molar-refractivity contribution in [2.45, 2.75) is 89.1 Å². The lowest BCUT2D eigenvalue weighted by Gasteiger charge is -2.48. The molecule has 0 aromatic heterocycles. The van der Waals surface area contributed by atoms with Crippen molar-refractivity contribution in [1.82, 2.24) is 4.90 Å². The minimum Gasteiger partial charge on any atom is -0.389 e. The van der Waals surface area contributed by atoms with E-state index >= 15 is 0 Å². The van der Waals surface area contributed by atoms with Gasteiger partial charge in [-0.1, -0.05) is 44.9 Å². The quantitative estimate of drug-likeness (QED) is 0.835. The van der Waals surface area contributed by atoms with E-state index < -0.39 is 0 Å². The Morgan fingerprint density at radius 1 is 0.762 bits per heavy atom. The fourth-order valence-corrected chi connectivity index (χ4v) is 5.27. The highest BCUT2D eigenvalue weighted by atomic mass is 16.3. The van der Waals surface area contributed by atoms with Gasteiger partial charge in [0.25, 0.3) is 0 Å². The molecule has 1 aliphatic heterocycles. The van der Waals surface area contributed by atoms with Crippen molar-refractivity contribution >= 4 is 0 Å². The maximum absolute atomic E-state index is 11.5. The van der Waals surface area contributed by atoms with Gasteiger partial charge >= 0.3 is 0 Å². The molecule has 21 heavy (non-hydrogen) atoms. The van der Waals surface area contributed by atoms with Gasteiger partial charge in [0, 0.05) is 12.5 Å². The van der Waals surface area contributed by atoms with Gasteiger partial charge in [0.2, 0.25) is 0 Å². The van der Waals surface area contributed by atoms with E-state index in [9.17, 15) is 5.11 Å². The minimum absolute atomic E-state index is 0.328. The van der Waals surface area contributed by atoms with Crippen LogP contribution in [-0.4, -0.2) is 35.2 Å². The molecule has 0 amide bonds. The third-order valence-electron chi connectivity index (χ3n) is 6.58. The summed E-state index contributed by atoms with van der Waals surface area (Å²) in [6, 6.07) is 0. The third kappa shape index (κ3) is 3.82. The zero-order chi connectivity index (χ0) is 14.5. The number of nitrogens with zero attached hydrogens (tertiary/aromatic N) is 1. The van der Waals surface area contributed by atoms with E-state index in [2.05, 4.69) is 4.90 Å². The van der Waals surface area contributed by atoms with E-state index in [0.29, 0.717) is 11.8 Å². The highest BCUT2D eigenvalue weighted by molar-refractivity contribution is 4.97. The van der Waals surface area contributed by atoms with Crippen molar-refractivity contribution in [3.8, 4) is 0 Å². The lowest BCUT2D eigenvalue weighted by molar-refractivity contribution is -0.112. The second-order valence-electron chi connectivity index (χ2n) is 7.98. The van der Waals surface area contributed by atoms with E-state index in [4.69, 9.17) is 0 Å². The summed E-state index contributed by atoms with van der Waals surface area (Å²) in [7, 11) is 0. The zero-order valence-corrected chi connectivity index (χ0v) is 13.9. The van der Waals surface area contributed by atoms with Gasteiger partial charge < -0.3 is 10.0 Å². The van der Waals surface area contributed by atoms with Crippen LogP contribution in [0.15, 0.2) is 0 Å². The van der Waals surface area contributed by atoms with Crippen LogP contribution in [0.1, 0.15) is 83.5 Å². The summed E-state index contributed by atoms with van der Waals surface area (Å²) in [6.45, 7) is 3.72. The van der Waals surface area contributed by atoms with Crippen molar-refractivity contribution in [1.29, 1.82) is 0 Å². The molecule has 1 heterocycles. The van der Waals surface area contributed by atoms with Crippen LogP contribution in [0.5, 0.6) is 0 Å². The number of likely N-dealkylation sites (tertiary alicyclic amines) is 1. The Hall–Kier alpha value is -0.0800. The Bertz CT molecular complexity index is 305. The first-order chi connectivity index (χ1) is 10.3. The molecule has 2 unspecified atom stereocenters. The predicted octanol–water partition coefficient (Wildman–Crippen LogP) is 4.36. The van der Waals surface area contributed by atoms with Crippen molar-refractivity contribution in [3.63, 3.8) is 0 Å². The average molecular weight is 293 g/mol. The summed E-state index contributed by atoms with van der Waals surface area (Å²) in [4.78, 5) is 2.68. The monoisotopic (exact) mass is 293 g/mol. The van der Waals surface area contributed by atoms with Crippen molar-refractivity contribution in [2.75, 3.05) is 19.6 Å². The fraction of sp³-hybridized carbons (Fsp3) is 1.00. The Morgan fingerprint density at radius 2 is 1.38 bits per heavy atom. The zero-order valence-electron chi connectivity index (χ0n) is 13.9. The largest absolute Gasteiger partial charge is 0.389 e. The first-order valence-corrected chi connectivity index (χ1v) is 9.74. The number of hydrogen-bond donors (Lipinski definition) is 1. The van der Waals surface area contributed by atoms with Gasteiger partial charge in [-0.3, -0.25) is 0 Å². The molecule has 1 N–H and O–H groups in total. The van der Waals surface area contributed by atoms with E-state index in [0.717, 1.165) is 6.42 Å². The molecule has 122 valence electrons. The summed E-state index contributed by atoms with van der Waals surface area (Å²) < 4.78 is 0. The molecular weight excluding hydrogens is 258 g/mol. The van der Waals surface area contributed by atoms with Crippen LogP contribution >= 0.6 is 0 Å². The Balaban J connectivity index is 1.64. The molecule has 2 aliphatic carbocycles. The minimum atomic E-state index is -0.328. The van der Waals surface area contributed by atoms with Gasteiger partial charge in [-0.15, -0.1) is 0 Å². The van der Waals surface area contributed by atoms with E-state index in [1.54, 1.807) is 0 Å². The molecule has 3 rings (SSSR count). The van der Waals surface area contributed by atoms with Crippen LogP contribution in [0.4, 0.5) is 0 Å². The summed E-state index contributed by atoms with van der Waals surface area (Å²) in [5.41, 5.74) is -0.328. The van der Waals surface area contributed by atoms with Gasteiger partial charge in [-0.05, 0) is 57.5 Å². The topological polar surface area (TPSA) is 23.5 Å². The molecule has 0 aromatic rings. The molecule has 3 fully saturated rings. The van der Waals surface area contributed by atoms with Crippen molar-refractivity contribution in [2.24, 2.45) is 11.8 Å². The third-order valence-corrected chi connectivity index (χ3v) is 6.58. The summed E-state index contributed by atoms with van der Waals surface area (Å²) in [6.07, 6.45) is 17.2. The number of rotatable bonds is 3. The molecule has 1 saturated heterocycles. The summed E-state index contributed by atoms with van der Waals surface area (Å²) in [5.74, 6) is 1.15. The lowest BCUT2D eigenvalue weighted by atomic mass is 9.64. The average Bonchev–Trinajstić information content (AvgIpc) is 2.79. The number of aliphatic hydroxyl groups is 1. The van der Waals surface area contributed by atoms with Crippen LogP contribution < -0.4 is 0 Å². The smallest absolute Gasteiger partial charge is 0.0716 e.